The van der Waals surface area contributed by atoms with Crippen molar-refractivity contribution in [2.45, 2.75) is 32.7 Å². The first-order chi connectivity index (χ1) is 16.6. The topological polar surface area (TPSA) is 105 Å². The molecular weight excluding hydrogens is 444 g/mol. The third-order valence-electron chi connectivity index (χ3n) is 6.10. The fourth-order valence-corrected chi connectivity index (χ4v) is 4.35. The molecule has 0 unspecified atom stereocenters. The molecule has 35 heavy (non-hydrogen) atoms. The largest absolute Gasteiger partial charge is 0.480 e. The van der Waals surface area contributed by atoms with E-state index in [9.17, 15) is 19.5 Å². The van der Waals surface area contributed by atoms with E-state index in [1.165, 1.54) is 6.07 Å². The van der Waals surface area contributed by atoms with Crippen LogP contribution in [0.3, 0.4) is 0 Å². The van der Waals surface area contributed by atoms with E-state index in [-0.39, 0.29) is 18.1 Å². The quantitative estimate of drug-likeness (QED) is 0.453. The van der Waals surface area contributed by atoms with Gasteiger partial charge in [0.25, 0.3) is 5.91 Å². The molecule has 3 aromatic rings. The lowest BCUT2D eigenvalue weighted by Crippen LogP contribution is -2.49. The van der Waals surface area contributed by atoms with Gasteiger partial charge in [0.2, 0.25) is 0 Å². The molecule has 7 nitrogen and oxygen atoms in total. The predicted octanol–water partition coefficient (Wildman–Crippen LogP) is 5.28. The Bertz CT molecular complexity index is 1230. The molecule has 2 amide bonds. The average Bonchev–Trinajstić information content (AvgIpc) is 3.14. The summed E-state index contributed by atoms with van der Waals surface area (Å²) in [7, 11) is 0. The van der Waals surface area contributed by atoms with Crippen LogP contribution >= 0.6 is 0 Å². The van der Waals surface area contributed by atoms with Crippen LogP contribution < -0.4 is 10.6 Å². The second kappa shape index (κ2) is 9.62. The van der Waals surface area contributed by atoms with Gasteiger partial charge in [-0.1, -0.05) is 75.4 Å². The van der Waals surface area contributed by atoms with E-state index in [1.807, 2.05) is 36.4 Å². The van der Waals surface area contributed by atoms with Crippen molar-refractivity contribution >= 4 is 23.7 Å². The molecule has 1 aliphatic rings. The summed E-state index contributed by atoms with van der Waals surface area (Å²) in [5, 5.41) is 14.7. The van der Waals surface area contributed by atoms with Crippen LogP contribution in [-0.2, 0) is 9.53 Å². The SMILES string of the molecule is CC(C)(C)[C@@H](NC(=O)c1cccc(NC(=O)OCC2c3ccccc3-c3ccccc32)c1)C(=O)O. The molecule has 0 fully saturated rings. The highest BCUT2D eigenvalue weighted by atomic mass is 16.5. The van der Waals surface area contributed by atoms with Crippen molar-refractivity contribution in [3.8, 4) is 11.1 Å². The fourth-order valence-electron chi connectivity index (χ4n) is 4.35. The van der Waals surface area contributed by atoms with Gasteiger partial charge in [0.1, 0.15) is 12.6 Å². The number of fused-ring (bicyclic) bond motifs is 3. The van der Waals surface area contributed by atoms with E-state index in [2.05, 4.69) is 22.8 Å². The molecule has 4 rings (SSSR count). The first-order valence-electron chi connectivity index (χ1n) is 11.4. The van der Waals surface area contributed by atoms with E-state index in [1.54, 1.807) is 39.0 Å². The van der Waals surface area contributed by atoms with Crippen molar-refractivity contribution in [1.82, 2.24) is 5.32 Å². The molecule has 1 aliphatic carbocycles. The van der Waals surface area contributed by atoms with Gasteiger partial charge in [0.15, 0.2) is 0 Å². The molecule has 0 aromatic heterocycles. The minimum atomic E-state index is -1.11. The van der Waals surface area contributed by atoms with Crippen LogP contribution in [0.25, 0.3) is 11.1 Å². The van der Waals surface area contributed by atoms with Gasteiger partial charge < -0.3 is 15.2 Å². The van der Waals surface area contributed by atoms with Crippen LogP contribution in [0.4, 0.5) is 10.5 Å². The van der Waals surface area contributed by atoms with E-state index in [0.29, 0.717) is 5.69 Å². The summed E-state index contributed by atoms with van der Waals surface area (Å²) in [6, 6.07) is 21.4. The lowest BCUT2D eigenvalue weighted by atomic mass is 9.86. The molecule has 0 bridgehead atoms. The third-order valence-corrected chi connectivity index (χ3v) is 6.10. The summed E-state index contributed by atoms with van der Waals surface area (Å²) in [5.41, 5.74) is 4.46. The number of amides is 2. The highest BCUT2D eigenvalue weighted by molar-refractivity contribution is 5.98. The summed E-state index contributed by atoms with van der Waals surface area (Å²) in [5.74, 6) is -1.71. The van der Waals surface area contributed by atoms with Gasteiger partial charge in [-0.05, 0) is 45.9 Å². The maximum absolute atomic E-state index is 12.7. The highest BCUT2D eigenvalue weighted by Gasteiger charge is 2.33. The molecule has 180 valence electrons. The van der Waals surface area contributed by atoms with Crippen molar-refractivity contribution < 1.29 is 24.2 Å². The lowest BCUT2D eigenvalue weighted by Gasteiger charge is -2.27. The van der Waals surface area contributed by atoms with E-state index < -0.39 is 29.4 Å². The van der Waals surface area contributed by atoms with Gasteiger partial charge in [-0.2, -0.15) is 0 Å². The number of hydrogen-bond donors (Lipinski definition) is 3. The predicted molar refractivity (Wildman–Crippen MR) is 133 cm³/mol. The number of ether oxygens (including phenoxy) is 1. The maximum Gasteiger partial charge on any atom is 0.411 e. The zero-order chi connectivity index (χ0) is 25.2. The monoisotopic (exact) mass is 472 g/mol. The van der Waals surface area contributed by atoms with Crippen molar-refractivity contribution in [1.29, 1.82) is 0 Å². The third kappa shape index (κ3) is 5.19. The summed E-state index contributed by atoms with van der Waals surface area (Å²) in [4.78, 5) is 36.8. The number of carbonyl (C=O) groups is 3. The molecule has 3 aromatic carbocycles. The van der Waals surface area contributed by atoms with Crippen molar-refractivity contribution in [2.75, 3.05) is 11.9 Å². The van der Waals surface area contributed by atoms with Crippen molar-refractivity contribution in [2.24, 2.45) is 5.41 Å². The maximum atomic E-state index is 12.7. The number of benzene rings is 3. The molecule has 0 aliphatic heterocycles. The Balaban J connectivity index is 1.41. The molecule has 7 heteroatoms. The number of carboxylic acids is 1. The average molecular weight is 473 g/mol. The molecule has 0 saturated heterocycles. The zero-order valence-electron chi connectivity index (χ0n) is 19.9. The van der Waals surface area contributed by atoms with E-state index in [0.717, 1.165) is 22.3 Å². The Morgan fingerprint density at radius 2 is 1.51 bits per heavy atom. The van der Waals surface area contributed by atoms with Crippen LogP contribution in [0.2, 0.25) is 0 Å². The highest BCUT2D eigenvalue weighted by Crippen LogP contribution is 2.44. The molecule has 1 atom stereocenters. The Morgan fingerprint density at radius 1 is 0.914 bits per heavy atom. The standard InChI is InChI=1S/C28H28N2O5/c1-28(2,3)24(26(32)33)30-25(31)17-9-8-10-18(15-17)29-27(34)35-16-23-21-13-6-4-11-19(21)20-12-5-7-14-22(20)23/h4-15,23-24H,16H2,1-3H3,(H,29,34)(H,30,31)(H,32,33)/t24-/m0/s1. The summed E-state index contributed by atoms with van der Waals surface area (Å²) in [6.07, 6.45) is -0.637. The molecule has 0 radical (unpaired) electrons. The molecular formula is C28H28N2O5. The van der Waals surface area contributed by atoms with Gasteiger partial charge in [-0.15, -0.1) is 0 Å². The molecule has 0 spiro atoms. The Kier molecular flexibility index (Phi) is 6.60. The van der Waals surface area contributed by atoms with Crippen LogP contribution in [0.15, 0.2) is 72.8 Å². The minimum absolute atomic E-state index is 0.0596. The number of anilines is 1. The molecule has 3 N–H and O–H groups in total. The summed E-state index contributed by atoms with van der Waals surface area (Å²) >= 11 is 0. The Morgan fingerprint density at radius 3 is 2.09 bits per heavy atom. The minimum Gasteiger partial charge on any atom is -0.480 e. The second-order valence-electron chi connectivity index (χ2n) is 9.64. The summed E-state index contributed by atoms with van der Waals surface area (Å²) < 4.78 is 5.56. The fraction of sp³-hybridized carbons (Fsp3) is 0.250. The second-order valence-corrected chi connectivity index (χ2v) is 9.64. The van der Waals surface area contributed by atoms with Crippen molar-refractivity contribution in [3.05, 3.63) is 89.5 Å². The van der Waals surface area contributed by atoms with Crippen molar-refractivity contribution in [3.63, 3.8) is 0 Å². The van der Waals surface area contributed by atoms with Crippen LogP contribution in [0, 0.1) is 5.41 Å². The molecule has 0 heterocycles. The first-order valence-corrected chi connectivity index (χ1v) is 11.4. The van der Waals surface area contributed by atoms with Crippen LogP contribution in [0.1, 0.15) is 48.2 Å². The van der Waals surface area contributed by atoms with E-state index in [4.69, 9.17) is 4.74 Å². The summed E-state index contributed by atoms with van der Waals surface area (Å²) in [6.45, 7) is 5.38. The smallest absolute Gasteiger partial charge is 0.411 e. The number of rotatable bonds is 6. The number of carbonyl (C=O) groups excluding carboxylic acids is 2. The van der Waals surface area contributed by atoms with Crippen LogP contribution in [0.5, 0.6) is 0 Å². The van der Waals surface area contributed by atoms with Gasteiger partial charge in [0, 0.05) is 17.2 Å². The first kappa shape index (κ1) is 24.0. The van der Waals surface area contributed by atoms with Crippen LogP contribution in [-0.4, -0.2) is 35.7 Å². The number of aliphatic carboxylic acids is 1. The Hall–Kier alpha value is -4.13. The lowest BCUT2D eigenvalue weighted by molar-refractivity contribution is -0.142. The van der Waals surface area contributed by atoms with Gasteiger partial charge >= 0.3 is 12.1 Å². The number of carboxylic acid groups (broad SMARTS) is 1. The van der Waals surface area contributed by atoms with Gasteiger partial charge in [-0.25, -0.2) is 9.59 Å². The van der Waals surface area contributed by atoms with E-state index >= 15 is 0 Å². The Labute approximate surface area is 204 Å². The number of nitrogens with one attached hydrogen (secondary N) is 2. The normalized spacial score (nSPS) is 13.3. The van der Waals surface area contributed by atoms with Gasteiger partial charge in [-0.3, -0.25) is 10.1 Å². The number of hydrogen-bond acceptors (Lipinski definition) is 4. The molecule has 0 saturated carbocycles. The zero-order valence-corrected chi connectivity index (χ0v) is 19.9. The van der Waals surface area contributed by atoms with Gasteiger partial charge in [0.05, 0.1) is 0 Å².